The smallest absolute Gasteiger partial charge is 0.238 e. The van der Waals surface area contributed by atoms with Crippen molar-refractivity contribution in [2.24, 2.45) is 0 Å². The molecule has 0 aromatic heterocycles. The summed E-state index contributed by atoms with van der Waals surface area (Å²) in [4.78, 5) is 11.1. The zero-order valence-electron chi connectivity index (χ0n) is 8.54. The van der Waals surface area contributed by atoms with Crippen molar-refractivity contribution in [3.05, 3.63) is 29.1 Å². The topological polar surface area (TPSA) is 76.7 Å². The number of anilines is 1. The summed E-state index contributed by atoms with van der Waals surface area (Å²) in [6, 6.07) is 5.93. The van der Waals surface area contributed by atoms with Gasteiger partial charge in [-0.25, -0.2) is 4.39 Å². The van der Waals surface area contributed by atoms with E-state index in [-0.39, 0.29) is 17.7 Å². The lowest BCUT2D eigenvalue weighted by molar-refractivity contribution is -0.115. The van der Waals surface area contributed by atoms with Crippen molar-refractivity contribution < 1.29 is 9.18 Å². The number of hydrogen-bond acceptors (Lipinski definition) is 3. The van der Waals surface area contributed by atoms with E-state index in [0.717, 1.165) is 6.07 Å². The third-order valence-electron chi connectivity index (χ3n) is 1.93. The van der Waals surface area contributed by atoms with E-state index in [1.54, 1.807) is 6.07 Å². The Hall–Kier alpha value is -2.40. The minimum Gasteiger partial charge on any atom is -0.324 e. The summed E-state index contributed by atoms with van der Waals surface area (Å²) in [7, 11) is 0. The summed E-state index contributed by atoms with van der Waals surface area (Å²) in [5.41, 5.74) is 0.589. The lowest BCUT2D eigenvalue weighted by Gasteiger charge is -2.06. The van der Waals surface area contributed by atoms with Crippen LogP contribution in [0, 0.1) is 35.4 Å². The van der Waals surface area contributed by atoms with Crippen LogP contribution in [0.2, 0.25) is 0 Å². The first kappa shape index (κ1) is 11.7. The van der Waals surface area contributed by atoms with E-state index in [9.17, 15) is 9.18 Å². The minimum absolute atomic E-state index is 0.0888. The Morgan fingerprint density at radius 3 is 2.75 bits per heavy atom. The number of carbonyl (C=O) groups is 1. The largest absolute Gasteiger partial charge is 0.324 e. The lowest BCUT2D eigenvalue weighted by Crippen LogP contribution is -2.11. The molecule has 0 fully saturated rings. The highest BCUT2D eigenvalue weighted by atomic mass is 19.1. The van der Waals surface area contributed by atoms with Gasteiger partial charge < -0.3 is 5.32 Å². The third kappa shape index (κ3) is 2.55. The number of benzene rings is 1. The predicted octanol–water partition coefficient (Wildman–Crippen LogP) is 1.86. The average molecular weight is 217 g/mol. The first-order chi connectivity index (χ1) is 7.58. The van der Waals surface area contributed by atoms with Gasteiger partial charge in [0.15, 0.2) is 0 Å². The van der Waals surface area contributed by atoms with Gasteiger partial charge in [-0.3, -0.25) is 4.79 Å². The lowest BCUT2D eigenvalue weighted by atomic mass is 10.1. The first-order valence-electron chi connectivity index (χ1n) is 4.45. The van der Waals surface area contributed by atoms with Crippen molar-refractivity contribution >= 4 is 11.6 Å². The van der Waals surface area contributed by atoms with Crippen LogP contribution >= 0.6 is 0 Å². The molecule has 16 heavy (non-hydrogen) atoms. The minimum atomic E-state index is -0.567. The second kappa shape index (κ2) is 4.90. The van der Waals surface area contributed by atoms with Crippen LogP contribution in [0.5, 0.6) is 0 Å². The maximum atomic E-state index is 13.2. The molecule has 1 aromatic rings. The SMILES string of the molecule is Cc1cc(C#N)c(NC(=O)CC#N)cc1F. The highest BCUT2D eigenvalue weighted by Gasteiger charge is 2.09. The van der Waals surface area contributed by atoms with Gasteiger partial charge in [-0.2, -0.15) is 10.5 Å². The molecule has 1 N–H and O–H groups in total. The molecule has 0 spiro atoms. The normalized spacial score (nSPS) is 9.00. The van der Waals surface area contributed by atoms with Gasteiger partial charge in [-0.1, -0.05) is 0 Å². The van der Waals surface area contributed by atoms with Crippen LogP contribution in [-0.4, -0.2) is 5.91 Å². The average Bonchev–Trinajstić information content (AvgIpc) is 2.23. The molecule has 0 aliphatic carbocycles. The number of aryl methyl sites for hydroxylation is 1. The highest BCUT2D eigenvalue weighted by Crippen LogP contribution is 2.19. The van der Waals surface area contributed by atoms with Crippen molar-refractivity contribution in [2.75, 3.05) is 5.32 Å². The van der Waals surface area contributed by atoms with Crippen molar-refractivity contribution in [1.29, 1.82) is 10.5 Å². The fraction of sp³-hybridized carbons (Fsp3) is 0.182. The van der Waals surface area contributed by atoms with E-state index in [4.69, 9.17) is 10.5 Å². The van der Waals surface area contributed by atoms with E-state index in [2.05, 4.69) is 5.32 Å². The molecule has 0 atom stereocenters. The van der Waals surface area contributed by atoms with Crippen molar-refractivity contribution in [3.63, 3.8) is 0 Å². The summed E-state index contributed by atoms with van der Waals surface area (Å²) in [5.74, 6) is -1.08. The van der Waals surface area contributed by atoms with Crippen LogP contribution in [0.15, 0.2) is 12.1 Å². The van der Waals surface area contributed by atoms with Crippen LogP contribution in [0.25, 0.3) is 0 Å². The summed E-state index contributed by atoms with van der Waals surface area (Å²) < 4.78 is 13.2. The maximum absolute atomic E-state index is 13.2. The van der Waals surface area contributed by atoms with Crippen LogP contribution in [0.1, 0.15) is 17.5 Å². The van der Waals surface area contributed by atoms with Gasteiger partial charge in [0.1, 0.15) is 18.3 Å². The van der Waals surface area contributed by atoms with Gasteiger partial charge in [-0.05, 0) is 24.6 Å². The van der Waals surface area contributed by atoms with Crippen LogP contribution < -0.4 is 5.32 Å². The standard InChI is InChI=1S/C11H8FN3O/c1-7-4-8(6-14)10(5-9(7)12)15-11(16)2-3-13/h4-5H,2H2,1H3,(H,15,16). The van der Waals surface area contributed by atoms with Gasteiger partial charge >= 0.3 is 0 Å². The number of nitriles is 2. The van der Waals surface area contributed by atoms with Crippen molar-refractivity contribution in [1.82, 2.24) is 0 Å². The van der Waals surface area contributed by atoms with E-state index < -0.39 is 11.7 Å². The number of halogens is 1. The number of nitrogens with one attached hydrogen (secondary N) is 1. The van der Waals surface area contributed by atoms with Gasteiger partial charge in [0, 0.05) is 0 Å². The molecular weight excluding hydrogens is 209 g/mol. The number of amides is 1. The van der Waals surface area contributed by atoms with Gasteiger partial charge in [-0.15, -0.1) is 0 Å². The molecule has 0 bridgehead atoms. The van der Waals surface area contributed by atoms with Gasteiger partial charge in [0.25, 0.3) is 0 Å². The van der Waals surface area contributed by atoms with E-state index >= 15 is 0 Å². The molecule has 0 heterocycles. The van der Waals surface area contributed by atoms with Crippen molar-refractivity contribution in [2.45, 2.75) is 13.3 Å². The van der Waals surface area contributed by atoms with Crippen LogP contribution in [0.3, 0.4) is 0 Å². The monoisotopic (exact) mass is 217 g/mol. The highest BCUT2D eigenvalue weighted by molar-refractivity contribution is 5.93. The summed E-state index contributed by atoms with van der Waals surface area (Å²) >= 11 is 0. The third-order valence-corrected chi connectivity index (χ3v) is 1.93. The van der Waals surface area contributed by atoms with Crippen molar-refractivity contribution in [3.8, 4) is 12.1 Å². The summed E-state index contributed by atoms with van der Waals surface area (Å²) in [6.07, 6.45) is -0.333. The second-order valence-electron chi connectivity index (χ2n) is 3.14. The second-order valence-corrected chi connectivity index (χ2v) is 3.14. The Balaban J connectivity index is 3.05. The molecule has 1 aromatic carbocycles. The Kier molecular flexibility index (Phi) is 3.58. The Morgan fingerprint density at radius 1 is 1.50 bits per heavy atom. The molecule has 0 saturated carbocycles. The van der Waals surface area contributed by atoms with Crippen LogP contribution in [-0.2, 0) is 4.79 Å². The van der Waals surface area contributed by atoms with E-state index in [1.165, 1.54) is 13.0 Å². The molecule has 5 heteroatoms. The fourth-order valence-electron chi connectivity index (χ4n) is 1.14. The van der Waals surface area contributed by atoms with Gasteiger partial charge in [0.2, 0.25) is 5.91 Å². The summed E-state index contributed by atoms with van der Waals surface area (Å²) in [5, 5.41) is 19.4. The molecule has 0 aliphatic rings. The Morgan fingerprint density at radius 2 is 2.19 bits per heavy atom. The maximum Gasteiger partial charge on any atom is 0.238 e. The molecule has 0 saturated heterocycles. The molecular formula is C11H8FN3O. The quantitative estimate of drug-likeness (QED) is 0.821. The molecule has 1 rings (SSSR count). The van der Waals surface area contributed by atoms with E-state index in [0.29, 0.717) is 5.56 Å². The molecule has 0 unspecified atom stereocenters. The van der Waals surface area contributed by atoms with Crippen LogP contribution in [0.4, 0.5) is 10.1 Å². The number of carbonyl (C=O) groups excluding carboxylic acids is 1. The predicted molar refractivity (Wildman–Crippen MR) is 54.7 cm³/mol. The molecule has 0 aliphatic heterocycles. The number of rotatable bonds is 2. The first-order valence-corrected chi connectivity index (χ1v) is 4.45. The Bertz CT molecular complexity index is 511. The molecule has 4 nitrogen and oxygen atoms in total. The Labute approximate surface area is 91.9 Å². The molecule has 80 valence electrons. The summed E-state index contributed by atoms with van der Waals surface area (Å²) in [6.45, 7) is 1.52. The number of hydrogen-bond donors (Lipinski definition) is 1. The zero-order valence-corrected chi connectivity index (χ0v) is 8.54. The zero-order chi connectivity index (χ0) is 12.1. The number of nitrogens with zero attached hydrogens (tertiary/aromatic N) is 2. The van der Waals surface area contributed by atoms with E-state index in [1.807, 2.05) is 6.07 Å². The molecule has 1 amide bonds. The molecule has 0 radical (unpaired) electrons. The van der Waals surface area contributed by atoms with Gasteiger partial charge in [0.05, 0.1) is 17.3 Å². The fourth-order valence-corrected chi connectivity index (χ4v) is 1.14.